The van der Waals surface area contributed by atoms with E-state index in [0.717, 1.165) is 10.0 Å². The maximum Gasteiger partial charge on any atom is 0.0848 e. The van der Waals surface area contributed by atoms with Gasteiger partial charge in [0.2, 0.25) is 0 Å². The van der Waals surface area contributed by atoms with Crippen LogP contribution in [-0.2, 0) is 0 Å². The summed E-state index contributed by atoms with van der Waals surface area (Å²) in [7, 11) is 0. The van der Waals surface area contributed by atoms with Crippen molar-refractivity contribution < 1.29 is 5.21 Å². The largest absolute Gasteiger partial charge is 0.411 e. The third-order valence-corrected chi connectivity index (χ3v) is 2.90. The van der Waals surface area contributed by atoms with Gasteiger partial charge in [-0.3, -0.25) is 5.32 Å². The van der Waals surface area contributed by atoms with Gasteiger partial charge in [0.25, 0.3) is 0 Å². The van der Waals surface area contributed by atoms with Gasteiger partial charge < -0.3 is 5.21 Å². The van der Waals surface area contributed by atoms with E-state index < -0.39 is 0 Å². The highest BCUT2D eigenvalue weighted by Gasteiger charge is 2.16. The molecule has 4 nitrogen and oxygen atoms in total. The summed E-state index contributed by atoms with van der Waals surface area (Å²) in [4.78, 5) is 0. The monoisotopic (exact) mass is 281 g/mol. The lowest BCUT2D eigenvalue weighted by molar-refractivity contribution is 0.315. The Kier molecular flexibility index (Phi) is 4.96. The summed E-state index contributed by atoms with van der Waals surface area (Å²) in [6.45, 7) is 1.90. The van der Waals surface area contributed by atoms with Crippen LogP contribution < -0.4 is 5.32 Å². The molecule has 1 rings (SSSR count). The third-order valence-electron chi connectivity index (χ3n) is 2.18. The number of oxime groups is 1. The minimum absolute atomic E-state index is 0.193. The molecular formula is C11H12BrN3O. The topological polar surface area (TPSA) is 68.4 Å². The van der Waals surface area contributed by atoms with E-state index in [1.54, 1.807) is 6.92 Å². The molecule has 84 valence electrons. The highest BCUT2D eigenvalue weighted by Crippen LogP contribution is 2.24. The Morgan fingerprint density at radius 3 is 2.88 bits per heavy atom. The summed E-state index contributed by atoms with van der Waals surface area (Å²) in [5, 5.41) is 23.5. The third kappa shape index (κ3) is 3.05. The molecule has 2 N–H and O–H groups in total. The van der Waals surface area contributed by atoms with Crippen LogP contribution in [0.1, 0.15) is 18.5 Å². The van der Waals surface area contributed by atoms with Gasteiger partial charge in [0.15, 0.2) is 0 Å². The van der Waals surface area contributed by atoms with E-state index in [2.05, 4.69) is 26.4 Å². The number of halogens is 1. The van der Waals surface area contributed by atoms with Crippen LogP contribution in [0.3, 0.4) is 0 Å². The second kappa shape index (κ2) is 6.26. The van der Waals surface area contributed by atoms with Crippen molar-refractivity contribution in [3.63, 3.8) is 0 Å². The number of nitrogens with zero attached hydrogens (tertiary/aromatic N) is 2. The highest BCUT2D eigenvalue weighted by molar-refractivity contribution is 9.10. The number of nitrogens with one attached hydrogen (secondary N) is 1. The van der Waals surface area contributed by atoms with Gasteiger partial charge in [0.1, 0.15) is 0 Å². The van der Waals surface area contributed by atoms with Crippen LogP contribution in [-0.4, -0.2) is 17.5 Å². The van der Waals surface area contributed by atoms with E-state index in [0.29, 0.717) is 5.71 Å². The minimum atomic E-state index is -0.264. The summed E-state index contributed by atoms with van der Waals surface area (Å²) in [5.41, 5.74) is 1.45. The molecule has 1 aromatic carbocycles. The molecule has 0 aliphatic carbocycles. The molecule has 5 heteroatoms. The van der Waals surface area contributed by atoms with Gasteiger partial charge in [-0.15, -0.1) is 0 Å². The van der Waals surface area contributed by atoms with Gasteiger partial charge in [-0.1, -0.05) is 39.3 Å². The van der Waals surface area contributed by atoms with Crippen LogP contribution in [0.5, 0.6) is 0 Å². The molecule has 0 heterocycles. The first-order valence-corrected chi connectivity index (χ1v) is 5.53. The quantitative estimate of drug-likeness (QED) is 0.386. The fourth-order valence-corrected chi connectivity index (χ4v) is 1.91. The van der Waals surface area contributed by atoms with Crippen molar-refractivity contribution in [3.05, 3.63) is 34.3 Å². The molecular weight excluding hydrogens is 270 g/mol. The molecule has 0 aliphatic heterocycles. The number of nitriles is 1. The second-order valence-electron chi connectivity index (χ2n) is 3.23. The van der Waals surface area contributed by atoms with Gasteiger partial charge in [0, 0.05) is 4.47 Å². The number of hydrogen-bond acceptors (Lipinski definition) is 4. The Balaban J connectivity index is 3.02. The smallest absolute Gasteiger partial charge is 0.0848 e. The molecule has 0 saturated heterocycles. The second-order valence-corrected chi connectivity index (χ2v) is 4.09. The molecule has 0 aromatic heterocycles. The van der Waals surface area contributed by atoms with Gasteiger partial charge in [0.05, 0.1) is 24.4 Å². The number of benzene rings is 1. The van der Waals surface area contributed by atoms with Crippen LogP contribution in [0.25, 0.3) is 0 Å². The van der Waals surface area contributed by atoms with Crippen molar-refractivity contribution in [1.82, 2.24) is 5.32 Å². The highest BCUT2D eigenvalue weighted by atomic mass is 79.9. The lowest BCUT2D eigenvalue weighted by Gasteiger charge is -2.17. The summed E-state index contributed by atoms with van der Waals surface area (Å²) in [6, 6.07) is 9.35. The number of hydrogen-bond donors (Lipinski definition) is 2. The van der Waals surface area contributed by atoms with Crippen LogP contribution >= 0.6 is 15.9 Å². The van der Waals surface area contributed by atoms with Crippen molar-refractivity contribution >= 4 is 21.6 Å². The van der Waals surface area contributed by atoms with E-state index in [1.165, 1.54) is 0 Å². The first-order valence-electron chi connectivity index (χ1n) is 4.74. The normalized spacial score (nSPS) is 13.2. The van der Waals surface area contributed by atoms with Gasteiger partial charge in [-0.2, -0.15) is 5.26 Å². The van der Waals surface area contributed by atoms with Crippen molar-refractivity contribution in [2.45, 2.75) is 13.0 Å². The summed E-state index contributed by atoms with van der Waals surface area (Å²) in [5.74, 6) is 0. The summed E-state index contributed by atoms with van der Waals surface area (Å²) >= 11 is 3.43. The number of rotatable bonds is 4. The van der Waals surface area contributed by atoms with Crippen molar-refractivity contribution in [2.75, 3.05) is 6.54 Å². The molecule has 1 unspecified atom stereocenters. The Morgan fingerprint density at radius 2 is 2.31 bits per heavy atom. The Bertz CT molecular complexity index is 425. The van der Waals surface area contributed by atoms with Crippen molar-refractivity contribution in [2.24, 2.45) is 5.16 Å². The molecule has 0 fully saturated rings. The van der Waals surface area contributed by atoms with E-state index >= 15 is 0 Å². The molecule has 0 amide bonds. The van der Waals surface area contributed by atoms with Gasteiger partial charge >= 0.3 is 0 Å². The Labute approximate surface area is 103 Å². The Hall–Kier alpha value is -1.38. The van der Waals surface area contributed by atoms with E-state index in [4.69, 9.17) is 10.5 Å². The average molecular weight is 282 g/mol. The van der Waals surface area contributed by atoms with E-state index in [-0.39, 0.29) is 12.6 Å². The molecule has 0 bridgehead atoms. The standard InChI is InChI=1S/C11H12BrN3O/c1-8(15-16)11(14-7-6-13)9-4-2-3-5-10(9)12/h2-5,11,14,16H,7H2,1H3. The SMILES string of the molecule is CC(=NO)C(NCC#N)c1ccccc1Br. The molecule has 1 atom stereocenters. The predicted octanol–water partition coefficient (Wildman–Crippen LogP) is 2.45. The maximum atomic E-state index is 8.81. The van der Waals surface area contributed by atoms with Gasteiger partial charge in [-0.25, -0.2) is 0 Å². The van der Waals surface area contributed by atoms with Crippen LogP contribution in [0, 0.1) is 11.3 Å². The first-order chi connectivity index (χ1) is 7.70. The average Bonchev–Trinajstić information content (AvgIpc) is 2.31. The van der Waals surface area contributed by atoms with Crippen molar-refractivity contribution in [3.8, 4) is 6.07 Å². The van der Waals surface area contributed by atoms with E-state index in [1.807, 2.05) is 30.3 Å². The molecule has 1 aromatic rings. The molecule has 0 aliphatic rings. The van der Waals surface area contributed by atoms with Crippen LogP contribution in [0.2, 0.25) is 0 Å². The first kappa shape index (κ1) is 12.7. The lowest BCUT2D eigenvalue weighted by atomic mass is 10.0. The summed E-state index contributed by atoms with van der Waals surface area (Å²) in [6.07, 6.45) is 0. The lowest BCUT2D eigenvalue weighted by Crippen LogP contribution is -2.27. The molecule has 0 spiro atoms. The minimum Gasteiger partial charge on any atom is -0.411 e. The zero-order valence-corrected chi connectivity index (χ0v) is 10.4. The van der Waals surface area contributed by atoms with Crippen LogP contribution in [0.15, 0.2) is 33.9 Å². The zero-order valence-electron chi connectivity index (χ0n) is 8.81. The molecule has 0 radical (unpaired) electrons. The maximum absolute atomic E-state index is 8.81. The fourth-order valence-electron chi connectivity index (χ4n) is 1.40. The molecule has 0 saturated carbocycles. The van der Waals surface area contributed by atoms with E-state index in [9.17, 15) is 0 Å². The van der Waals surface area contributed by atoms with Crippen molar-refractivity contribution in [1.29, 1.82) is 5.26 Å². The molecule has 16 heavy (non-hydrogen) atoms. The Morgan fingerprint density at radius 1 is 1.62 bits per heavy atom. The summed E-state index contributed by atoms with van der Waals surface area (Å²) < 4.78 is 0.911. The van der Waals surface area contributed by atoms with Gasteiger partial charge in [-0.05, 0) is 18.6 Å². The van der Waals surface area contributed by atoms with Crippen LogP contribution in [0.4, 0.5) is 0 Å². The fraction of sp³-hybridized carbons (Fsp3) is 0.273. The zero-order chi connectivity index (χ0) is 12.0. The predicted molar refractivity (Wildman–Crippen MR) is 65.4 cm³/mol.